The molecule has 1 saturated heterocycles. The minimum Gasteiger partial charge on any atom is -0.469 e. The van der Waals surface area contributed by atoms with Crippen molar-refractivity contribution in [2.75, 3.05) is 7.11 Å². The Balaban J connectivity index is 1.70. The number of rotatable bonds is 2. The van der Waals surface area contributed by atoms with Crippen LogP contribution in [0.5, 0.6) is 0 Å². The fourth-order valence-electron chi connectivity index (χ4n) is 7.07. The lowest BCUT2D eigenvalue weighted by Crippen LogP contribution is -2.60. The quantitative estimate of drug-likeness (QED) is 0.563. The lowest BCUT2D eigenvalue weighted by atomic mass is 9.43. The molecule has 0 aromatic rings. The third-order valence-electron chi connectivity index (χ3n) is 8.61. The number of ether oxygens (including phenoxy) is 2. The van der Waals surface area contributed by atoms with Gasteiger partial charge in [0, 0.05) is 6.42 Å². The highest BCUT2D eigenvalue weighted by Gasteiger charge is 2.72. The average Bonchev–Trinajstić information content (AvgIpc) is 3.32. The fraction of sp³-hybridized carbons (Fsp3) is 0.905. The summed E-state index contributed by atoms with van der Waals surface area (Å²) in [6, 6.07) is 0. The number of carbonyl (C=O) groups excluding carboxylic acids is 2. The van der Waals surface area contributed by atoms with Crippen LogP contribution in [0, 0.1) is 34.5 Å². The smallest absolute Gasteiger partial charge is 0.311 e. The number of fused-ring (bicyclic) bond motifs is 5. The second-order valence-electron chi connectivity index (χ2n) is 9.81. The highest BCUT2D eigenvalue weighted by atomic mass is 16.6. The predicted octanol–water partition coefficient (Wildman–Crippen LogP) is 3.76. The molecule has 7 atom stereocenters. The summed E-state index contributed by atoms with van der Waals surface area (Å²) in [7, 11) is 1.47. The van der Waals surface area contributed by atoms with Crippen LogP contribution >= 0.6 is 0 Å². The molecule has 4 aliphatic rings. The van der Waals surface area contributed by atoms with Gasteiger partial charge >= 0.3 is 5.97 Å². The Labute approximate surface area is 151 Å². The largest absolute Gasteiger partial charge is 0.469 e. The molecule has 3 saturated carbocycles. The number of hydrogen-bond donors (Lipinski definition) is 0. The maximum atomic E-state index is 13.2. The van der Waals surface area contributed by atoms with Crippen LogP contribution in [0.3, 0.4) is 0 Å². The Bertz CT molecular complexity index is 613. The molecule has 0 amide bonds. The Hall–Kier alpha value is -0.900. The summed E-state index contributed by atoms with van der Waals surface area (Å²) in [5.74, 6) is 1.14. The van der Waals surface area contributed by atoms with Crippen LogP contribution in [0.1, 0.15) is 66.2 Å². The van der Waals surface area contributed by atoms with Gasteiger partial charge in [-0.2, -0.15) is 0 Å². The molecular weight excluding hydrogens is 316 g/mol. The maximum Gasteiger partial charge on any atom is 0.311 e. The first-order valence-electron chi connectivity index (χ1n) is 9.99. The minimum absolute atomic E-state index is 0.0366. The monoisotopic (exact) mass is 348 g/mol. The fourth-order valence-corrected chi connectivity index (χ4v) is 7.07. The molecule has 0 radical (unpaired) electrons. The predicted molar refractivity (Wildman–Crippen MR) is 93.9 cm³/mol. The van der Waals surface area contributed by atoms with Crippen molar-refractivity contribution in [1.29, 1.82) is 0 Å². The summed E-state index contributed by atoms with van der Waals surface area (Å²) in [5.41, 5.74) is -0.547. The van der Waals surface area contributed by atoms with Gasteiger partial charge in [-0.05, 0) is 55.8 Å². The summed E-state index contributed by atoms with van der Waals surface area (Å²) in [6.07, 6.45) is 5.72. The Kier molecular flexibility index (Phi) is 3.72. The van der Waals surface area contributed by atoms with E-state index < -0.39 is 5.41 Å². The summed E-state index contributed by atoms with van der Waals surface area (Å²) in [5, 5.41) is 0. The molecule has 140 valence electrons. The van der Waals surface area contributed by atoms with Gasteiger partial charge in [-0.25, -0.2) is 0 Å². The van der Waals surface area contributed by atoms with E-state index in [1.165, 1.54) is 7.11 Å². The first-order chi connectivity index (χ1) is 11.7. The van der Waals surface area contributed by atoms with E-state index in [2.05, 4.69) is 20.8 Å². The van der Waals surface area contributed by atoms with Gasteiger partial charge in [-0.3, -0.25) is 9.59 Å². The number of methoxy groups -OCH3 is 1. The van der Waals surface area contributed by atoms with Crippen molar-refractivity contribution in [3.05, 3.63) is 0 Å². The lowest BCUT2D eigenvalue weighted by molar-refractivity contribution is -0.177. The van der Waals surface area contributed by atoms with E-state index in [1.807, 2.05) is 6.92 Å². The third kappa shape index (κ3) is 2.09. The molecule has 1 heterocycles. The molecule has 0 aromatic carbocycles. The number of carbonyl (C=O) groups is 2. The summed E-state index contributed by atoms with van der Waals surface area (Å²) < 4.78 is 11.4. The van der Waals surface area contributed by atoms with Crippen molar-refractivity contribution in [1.82, 2.24) is 0 Å². The first kappa shape index (κ1) is 17.5. The van der Waals surface area contributed by atoms with Crippen LogP contribution in [0.15, 0.2) is 0 Å². The number of ketones is 1. The zero-order valence-electron chi connectivity index (χ0n) is 16.3. The number of esters is 1. The van der Waals surface area contributed by atoms with E-state index in [1.54, 1.807) is 0 Å². The molecule has 0 N–H and O–H groups in total. The Morgan fingerprint density at radius 1 is 1.24 bits per heavy atom. The van der Waals surface area contributed by atoms with Crippen LogP contribution in [-0.2, 0) is 19.1 Å². The van der Waals surface area contributed by atoms with Crippen molar-refractivity contribution in [2.45, 2.75) is 77.9 Å². The highest BCUT2D eigenvalue weighted by Crippen LogP contribution is 2.68. The number of epoxide rings is 1. The molecule has 4 rings (SSSR count). The van der Waals surface area contributed by atoms with Crippen molar-refractivity contribution in [3.63, 3.8) is 0 Å². The van der Waals surface area contributed by atoms with Gasteiger partial charge in [0.2, 0.25) is 0 Å². The van der Waals surface area contributed by atoms with Gasteiger partial charge in [0.15, 0.2) is 0 Å². The summed E-state index contributed by atoms with van der Waals surface area (Å²) in [4.78, 5) is 25.8. The van der Waals surface area contributed by atoms with Crippen molar-refractivity contribution < 1.29 is 19.1 Å². The number of Topliss-reactive ketones (excluding diaryl/α,β-unsaturated/α-hetero) is 1. The first-order valence-corrected chi connectivity index (χ1v) is 9.99. The SMILES string of the molecule is COC(=O)[C@]1(C)CCC[C@@]2(C)[C@H]1CC(=O)[C@H]1[C@H]3O[C@@]3(C(C)C)CC[C@@H]12. The Morgan fingerprint density at radius 3 is 2.60 bits per heavy atom. The minimum atomic E-state index is -0.528. The molecule has 4 fully saturated rings. The van der Waals surface area contributed by atoms with Gasteiger partial charge < -0.3 is 9.47 Å². The van der Waals surface area contributed by atoms with E-state index in [9.17, 15) is 9.59 Å². The third-order valence-corrected chi connectivity index (χ3v) is 8.61. The molecule has 0 unspecified atom stereocenters. The average molecular weight is 348 g/mol. The molecular formula is C21H32O4. The van der Waals surface area contributed by atoms with Crippen LogP contribution < -0.4 is 0 Å². The molecule has 1 aliphatic heterocycles. The molecule has 0 spiro atoms. The van der Waals surface area contributed by atoms with Crippen LogP contribution in [-0.4, -0.2) is 30.6 Å². The van der Waals surface area contributed by atoms with Gasteiger partial charge in [-0.1, -0.05) is 27.2 Å². The van der Waals surface area contributed by atoms with E-state index in [-0.39, 0.29) is 34.9 Å². The second-order valence-corrected chi connectivity index (χ2v) is 9.81. The maximum absolute atomic E-state index is 13.2. The highest BCUT2D eigenvalue weighted by molar-refractivity contribution is 5.86. The molecule has 4 nitrogen and oxygen atoms in total. The van der Waals surface area contributed by atoms with Crippen LogP contribution in [0.4, 0.5) is 0 Å². The van der Waals surface area contributed by atoms with E-state index in [0.717, 1.165) is 32.1 Å². The zero-order valence-corrected chi connectivity index (χ0v) is 16.3. The van der Waals surface area contributed by atoms with Crippen molar-refractivity contribution >= 4 is 11.8 Å². The second kappa shape index (κ2) is 5.31. The standard InChI is InChI=1S/C21H32O4/c1-12(2)21-10-7-13-16(17(21)25-21)14(22)11-15-19(13,3)8-6-9-20(15,4)18(23)24-5/h12-13,15-17H,6-11H2,1-5H3/t13-,15+,16-,17+,19+,20+,21+/m0/s1. The van der Waals surface area contributed by atoms with Crippen molar-refractivity contribution in [2.24, 2.45) is 34.5 Å². The Morgan fingerprint density at radius 2 is 1.96 bits per heavy atom. The lowest BCUT2D eigenvalue weighted by Gasteiger charge is -2.59. The summed E-state index contributed by atoms with van der Waals surface area (Å²) >= 11 is 0. The molecule has 25 heavy (non-hydrogen) atoms. The van der Waals surface area contributed by atoms with Crippen molar-refractivity contribution in [3.8, 4) is 0 Å². The zero-order chi connectivity index (χ0) is 18.2. The topological polar surface area (TPSA) is 55.9 Å². The molecule has 0 bridgehead atoms. The van der Waals surface area contributed by atoms with Gasteiger partial charge in [-0.15, -0.1) is 0 Å². The van der Waals surface area contributed by atoms with Crippen LogP contribution in [0.2, 0.25) is 0 Å². The molecule has 4 heteroatoms. The van der Waals surface area contributed by atoms with Crippen LogP contribution in [0.25, 0.3) is 0 Å². The number of hydrogen-bond acceptors (Lipinski definition) is 4. The normalized spacial score (nSPS) is 51.4. The van der Waals surface area contributed by atoms with E-state index in [4.69, 9.17) is 9.47 Å². The van der Waals surface area contributed by atoms with E-state index in [0.29, 0.717) is 24.0 Å². The summed E-state index contributed by atoms with van der Waals surface area (Å²) in [6.45, 7) is 8.80. The van der Waals surface area contributed by atoms with Gasteiger partial charge in [0.05, 0.1) is 30.1 Å². The van der Waals surface area contributed by atoms with Gasteiger partial charge in [0.1, 0.15) is 5.78 Å². The van der Waals surface area contributed by atoms with E-state index >= 15 is 0 Å². The van der Waals surface area contributed by atoms with Gasteiger partial charge in [0.25, 0.3) is 0 Å². The molecule has 0 aromatic heterocycles. The molecule has 3 aliphatic carbocycles.